The van der Waals surface area contributed by atoms with Crippen LogP contribution < -0.4 is 5.32 Å². The van der Waals surface area contributed by atoms with E-state index in [1.165, 1.54) is 5.01 Å². The van der Waals surface area contributed by atoms with Gasteiger partial charge in [0.05, 0.1) is 11.1 Å². The van der Waals surface area contributed by atoms with E-state index in [4.69, 9.17) is 0 Å². The maximum absolute atomic E-state index is 12.5. The molecule has 0 radical (unpaired) electrons. The third-order valence-corrected chi connectivity index (χ3v) is 3.74. The molecule has 1 aromatic carbocycles. The Kier molecular flexibility index (Phi) is 3.08. The third kappa shape index (κ3) is 1.86. The summed E-state index contributed by atoms with van der Waals surface area (Å²) in [5, 5.41) is 6.39. The summed E-state index contributed by atoms with van der Waals surface area (Å²) >= 11 is 0. The summed E-state index contributed by atoms with van der Waals surface area (Å²) in [6, 6.07) is 5.52. The van der Waals surface area contributed by atoms with Crippen LogP contribution >= 0.6 is 0 Å². The van der Waals surface area contributed by atoms with Crippen molar-refractivity contribution in [3.63, 3.8) is 0 Å². The molecule has 1 fully saturated rings. The van der Waals surface area contributed by atoms with Gasteiger partial charge in [-0.25, -0.2) is 10.0 Å². The Morgan fingerprint density at radius 3 is 2.58 bits per heavy atom. The smallest absolute Gasteiger partial charge is 0.276 e. The van der Waals surface area contributed by atoms with Gasteiger partial charge in [-0.1, -0.05) is 19.1 Å². The summed E-state index contributed by atoms with van der Waals surface area (Å²) in [7, 11) is 0. The van der Waals surface area contributed by atoms with E-state index < -0.39 is 0 Å². The molecular formula is C14H17N3O2. The number of carbonyl (C=O) groups is 2. The number of rotatable bonds is 2. The lowest BCUT2D eigenvalue weighted by Gasteiger charge is -2.33. The Bertz CT molecular complexity index is 535. The number of nitrogens with zero attached hydrogens (tertiary/aromatic N) is 2. The fourth-order valence-electron chi connectivity index (χ4n) is 2.75. The molecule has 1 N–H and O–H groups in total. The molecule has 0 spiro atoms. The summed E-state index contributed by atoms with van der Waals surface area (Å²) in [5.41, 5.74) is 2.09. The molecule has 5 nitrogen and oxygen atoms in total. The molecule has 2 heterocycles. The predicted octanol–water partition coefficient (Wildman–Crippen LogP) is 0.665. The van der Waals surface area contributed by atoms with E-state index in [-0.39, 0.29) is 11.8 Å². The van der Waals surface area contributed by atoms with Crippen LogP contribution in [0.15, 0.2) is 18.2 Å². The molecule has 0 aromatic heterocycles. The van der Waals surface area contributed by atoms with E-state index in [1.54, 1.807) is 6.07 Å². The van der Waals surface area contributed by atoms with E-state index >= 15 is 0 Å². The van der Waals surface area contributed by atoms with Gasteiger partial charge in [0, 0.05) is 26.2 Å². The normalized spacial score (nSPS) is 19.9. The number of amides is 2. The van der Waals surface area contributed by atoms with Gasteiger partial charge in [0.1, 0.15) is 0 Å². The molecule has 100 valence electrons. The highest BCUT2D eigenvalue weighted by Crippen LogP contribution is 2.27. The lowest BCUT2D eigenvalue weighted by molar-refractivity contribution is -0.00359. The van der Waals surface area contributed by atoms with Gasteiger partial charge in [0.2, 0.25) is 0 Å². The van der Waals surface area contributed by atoms with Crippen molar-refractivity contribution in [3.8, 4) is 0 Å². The Morgan fingerprint density at radius 1 is 1.16 bits per heavy atom. The van der Waals surface area contributed by atoms with Crippen molar-refractivity contribution in [3.05, 3.63) is 34.9 Å². The molecule has 2 aliphatic heterocycles. The van der Waals surface area contributed by atoms with Crippen molar-refractivity contribution in [2.24, 2.45) is 0 Å². The SMILES string of the molecule is CCc1cccc2c1C(=O)N(N1CCNCC1)C2=O. The van der Waals surface area contributed by atoms with Gasteiger partial charge >= 0.3 is 0 Å². The minimum absolute atomic E-state index is 0.167. The molecule has 1 aromatic rings. The number of fused-ring (bicyclic) bond motifs is 1. The topological polar surface area (TPSA) is 52.7 Å². The fourth-order valence-corrected chi connectivity index (χ4v) is 2.75. The molecule has 0 saturated carbocycles. The zero-order valence-electron chi connectivity index (χ0n) is 11.0. The summed E-state index contributed by atoms with van der Waals surface area (Å²) in [4.78, 5) is 24.9. The second-order valence-corrected chi connectivity index (χ2v) is 4.82. The molecule has 2 aliphatic rings. The van der Waals surface area contributed by atoms with Crippen LogP contribution in [-0.4, -0.2) is 48.0 Å². The highest BCUT2D eigenvalue weighted by molar-refractivity contribution is 6.21. The van der Waals surface area contributed by atoms with E-state index in [2.05, 4.69) is 5.32 Å². The second kappa shape index (κ2) is 4.75. The molecule has 0 aliphatic carbocycles. The van der Waals surface area contributed by atoms with E-state index in [0.717, 1.165) is 25.1 Å². The van der Waals surface area contributed by atoms with Gasteiger partial charge in [0.25, 0.3) is 11.8 Å². The number of hydrazine groups is 1. The molecule has 0 atom stereocenters. The Balaban J connectivity index is 1.99. The van der Waals surface area contributed by atoms with Gasteiger partial charge in [-0.15, -0.1) is 0 Å². The van der Waals surface area contributed by atoms with Gasteiger partial charge in [0.15, 0.2) is 0 Å². The standard InChI is InChI=1S/C14H17N3O2/c1-2-10-4-3-5-11-12(10)14(19)17(13(11)18)16-8-6-15-7-9-16/h3-5,15H,2,6-9H2,1H3. The number of piperazine rings is 1. The Hall–Kier alpha value is -1.72. The van der Waals surface area contributed by atoms with Gasteiger partial charge in [-0.05, 0) is 18.1 Å². The van der Waals surface area contributed by atoms with Crippen molar-refractivity contribution < 1.29 is 9.59 Å². The number of imide groups is 1. The number of benzene rings is 1. The van der Waals surface area contributed by atoms with E-state index in [0.29, 0.717) is 24.2 Å². The molecule has 2 amide bonds. The van der Waals surface area contributed by atoms with Crippen molar-refractivity contribution in [2.75, 3.05) is 26.2 Å². The highest BCUT2D eigenvalue weighted by atomic mass is 16.2. The third-order valence-electron chi connectivity index (χ3n) is 3.74. The van der Waals surface area contributed by atoms with E-state index in [1.807, 2.05) is 24.1 Å². The van der Waals surface area contributed by atoms with E-state index in [9.17, 15) is 9.59 Å². The van der Waals surface area contributed by atoms with Crippen LogP contribution in [0.3, 0.4) is 0 Å². The van der Waals surface area contributed by atoms with Gasteiger partial charge < -0.3 is 5.32 Å². The maximum Gasteiger partial charge on any atom is 0.276 e. The number of carbonyl (C=O) groups excluding carboxylic acids is 2. The van der Waals surface area contributed by atoms with Crippen LogP contribution in [0.4, 0.5) is 0 Å². The summed E-state index contributed by atoms with van der Waals surface area (Å²) in [5.74, 6) is -0.350. The number of nitrogens with one attached hydrogen (secondary N) is 1. The summed E-state index contributed by atoms with van der Waals surface area (Å²) in [6.45, 7) is 4.97. The van der Waals surface area contributed by atoms with Crippen LogP contribution in [0.2, 0.25) is 0 Å². The average molecular weight is 259 g/mol. The first kappa shape index (κ1) is 12.3. The molecule has 5 heteroatoms. The molecule has 0 bridgehead atoms. The van der Waals surface area contributed by atoms with Crippen LogP contribution in [0.5, 0.6) is 0 Å². The van der Waals surface area contributed by atoms with Crippen LogP contribution in [0, 0.1) is 0 Å². The molecule has 1 saturated heterocycles. The predicted molar refractivity (Wildman–Crippen MR) is 70.8 cm³/mol. The number of hydrogen-bond donors (Lipinski definition) is 1. The molecule has 0 unspecified atom stereocenters. The molecular weight excluding hydrogens is 242 g/mol. The second-order valence-electron chi connectivity index (χ2n) is 4.82. The van der Waals surface area contributed by atoms with Crippen LogP contribution in [0.25, 0.3) is 0 Å². The van der Waals surface area contributed by atoms with Gasteiger partial charge in [-0.3, -0.25) is 9.59 Å². The lowest BCUT2D eigenvalue weighted by Crippen LogP contribution is -2.54. The Morgan fingerprint density at radius 2 is 1.89 bits per heavy atom. The first-order chi connectivity index (χ1) is 9.24. The van der Waals surface area contributed by atoms with Crippen molar-refractivity contribution in [2.45, 2.75) is 13.3 Å². The number of hydrogen-bond acceptors (Lipinski definition) is 4. The number of aryl methyl sites for hydroxylation is 1. The van der Waals surface area contributed by atoms with Crippen LogP contribution in [0.1, 0.15) is 33.2 Å². The van der Waals surface area contributed by atoms with Gasteiger partial charge in [-0.2, -0.15) is 0 Å². The first-order valence-electron chi connectivity index (χ1n) is 6.70. The largest absolute Gasteiger partial charge is 0.314 e. The van der Waals surface area contributed by atoms with Crippen molar-refractivity contribution in [1.29, 1.82) is 0 Å². The van der Waals surface area contributed by atoms with Crippen molar-refractivity contribution in [1.82, 2.24) is 15.3 Å². The van der Waals surface area contributed by atoms with Crippen molar-refractivity contribution >= 4 is 11.8 Å². The molecule has 19 heavy (non-hydrogen) atoms. The zero-order chi connectivity index (χ0) is 13.4. The average Bonchev–Trinajstić information content (AvgIpc) is 2.72. The maximum atomic E-state index is 12.5. The minimum Gasteiger partial charge on any atom is -0.314 e. The summed E-state index contributed by atoms with van der Waals surface area (Å²) in [6.07, 6.45) is 0.761. The monoisotopic (exact) mass is 259 g/mol. The fraction of sp³-hybridized carbons (Fsp3) is 0.429. The minimum atomic E-state index is -0.183. The molecule has 3 rings (SSSR count). The highest BCUT2D eigenvalue weighted by Gasteiger charge is 2.40. The quantitative estimate of drug-likeness (QED) is 0.793. The van der Waals surface area contributed by atoms with Crippen LogP contribution in [-0.2, 0) is 6.42 Å². The Labute approximate surface area is 112 Å². The lowest BCUT2D eigenvalue weighted by atomic mass is 10.0. The first-order valence-corrected chi connectivity index (χ1v) is 6.70. The summed E-state index contributed by atoms with van der Waals surface area (Å²) < 4.78 is 0. The zero-order valence-corrected chi connectivity index (χ0v) is 11.0.